The summed E-state index contributed by atoms with van der Waals surface area (Å²) in [5.41, 5.74) is 1.59. The van der Waals surface area contributed by atoms with Gasteiger partial charge < -0.3 is 26.6 Å². The predicted octanol–water partition coefficient (Wildman–Crippen LogP) is -0.702. The number of morpholine rings is 1. The number of hydrogen-bond donors (Lipinski definition) is 0. The molecule has 9 heteroatoms. The Balaban J connectivity index is 0.00000256. The van der Waals surface area contributed by atoms with Gasteiger partial charge in [-0.3, -0.25) is 9.21 Å². The van der Waals surface area contributed by atoms with Gasteiger partial charge in [0.15, 0.2) is 11.5 Å². The molecule has 4 rings (SSSR count). The minimum absolute atomic E-state index is 0. The smallest absolute Gasteiger partial charge is 0.264 e. The number of halogens is 1. The summed E-state index contributed by atoms with van der Waals surface area (Å²) < 4.78 is 45.1. The second-order valence-corrected chi connectivity index (χ2v) is 9.03. The molecule has 30 heavy (non-hydrogen) atoms. The first-order chi connectivity index (χ1) is 14.0. The number of benzene rings is 2. The van der Waals surface area contributed by atoms with E-state index in [1.54, 1.807) is 30.3 Å². The molecule has 0 aromatic heterocycles. The Morgan fingerprint density at radius 3 is 2.30 bits per heavy atom. The van der Waals surface area contributed by atoms with E-state index < -0.39 is 10.0 Å². The monoisotopic (exact) mass is 453 g/mol. The van der Waals surface area contributed by atoms with Crippen molar-refractivity contribution in [2.75, 3.05) is 56.9 Å². The van der Waals surface area contributed by atoms with Crippen LogP contribution in [0.4, 0.5) is 5.69 Å². The summed E-state index contributed by atoms with van der Waals surface area (Å²) in [5.74, 6) is 1.21. The molecule has 0 radical (unpaired) electrons. The average Bonchev–Trinajstić information content (AvgIpc) is 2.75. The summed E-state index contributed by atoms with van der Waals surface area (Å²) in [6.07, 6.45) is 0. The highest BCUT2D eigenvalue weighted by atomic mass is 35.5. The minimum atomic E-state index is -3.72. The summed E-state index contributed by atoms with van der Waals surface area (Å²) in [4.78, 5) is 2.50. The lowest BCUT2D eigenvalue weighted by Crippen LogP contribution is -3.00. The van der Waals surface area contributed by atoms with Gasteiger partial charge in [0.1, 0.15) is 13.2 Å². The Labute approximate surface area is 184 Å². The highest BCUT2D eigenvalue weighted by molar-refractivity contribution is 7.92. The average molecular weight is 454 g/mol. The second kappa shape index (κ2) is 9.87. The number of ether oxygens (including phenoxy) is 3. The van der Waals surface area contributed by atoms with Crippen molar-refractivity contribution in [2.24, 2.45) is 0 Å². The predicted molar refractivity (Wildman–Crippen MR) is 110 cm³/mol. The first-order valence-electron chi connectivity index (χ1n) is 9.83. The zero-order chi connectivity index (χ0) is 20.3. The Kier molecular flexibility index (Phi) is 7.46. The normalized spacial score (nSPS) is 16.6. The summed E-state index contributed by atoms with van der Waals surface area (Å²) >= 11 is 0. The van der Waals surface area contributed by atoms with Gasteiger partial charge in [0, 0.05) is 32.2 Å². The van der Waals surface area contributed by atoms with Gasteiger partial charge in [-0.2, -0.15) is 0 Å². The van der Waals surface area contributed by atoms with Gasteiger partial charge in [-0.25, -0.2) is 8.42 Å². The highest BCUT2D eigenvalue weighted by Crippen LogP contribution is 2.35. The Morgan fingerprint density at radius 2 is 1.60 bits per heavy atom. The van der Waals surface area contributed by atoms with E-state index in [1.807, 2.05) is 19.1 Å². The zero-order valence-electron chi connectivity index (χ0n) is 16.9. The van der Waals surface area contributed by atoms with Gasteiger partial charge >= 0.3 is 0 Å². The molecule has 1 fully saturated rings. The number of anilines is 1. The first kappa shape index (κ1) is 22.7. The molecule has 2 heterocycles. The maximum Gasteiger partial charge on any atom is 0.264 e. The molecule has 7 nitrogen and oxygen atoms in total. The van der Waals surface area contributed by atoms with Crippen LogP contribution in [0.25, 0.3) is 0 Å². The minimum Gasteiger partial charge on any atom is -1.00 e. The third kappa shape index (κ3) is 5.00. The fourth-order valence-corrected chi connectivity index (χ4v) is 4.92. The van der Waals surface area contributed by atoms with E-state index in [2.05, 4.69) is 4.90 Å². The lowest BCUT2D eigenvalue weighted by atomic mass is 10.2. The Bertz CT molecular complexity index is 946. The van der Waals surface area contributed by atoms with Crippen molar-refractivity contribution in [3.8, 4) is 11.5 Å². The van der Waals surface area contributed by atoms with Crippen LogP contribution in [-0.4, -0.2) is 65.9 Å². The molecule has 2 aliphatic heterocycles. The number of nitrogens with zero attached hydrogens (tertiary/aromatic N) is 2. The van der Waals surface area contributed by atoms with Crippen LogP contribution in [0.1, 0.15) is 5.56 Å². The number of sulfonamides is 1. The number of hydrogen-bond acceptors (Lipinski definition) is 6. The van der Waals surface area contributed by atoms with Gasteiger partial charge in [-0.1, -0.05) is 17.7 Å². The van der Waals surface area contributed by atoms with Gasteiger partial charge in [0.25, 0.3) is 10.0 Å². The van der Waals surface area contributed by atoms with Crippen LogP contribution in [0.5, 0.6) is 11.5 Å². The molecule has 164 valence electrons. The number of aryl methyl sites for hydroxylation is 1. The molecule has 0 N–H and O–H groups in total. The fourth-order valence-electron chi connectivity index (χ4n) is 3.47. The molecule has 0 amide bonds. The number of fused-ring (bicyclic) bond motifs is 1. The van der Waals surface area contributed by atoms with Crippen LogP contribution in [0.15, 0.2) is 47.4 Å². The summed E-state index contributed by atoms with van der Waals surface area (Å²) in [7, 11) is -3.72. The van der Waals surface area contributed by atoms with Crippen LogP contribution in [0.3, 0.4) is 0 Å². The molecule has 0 aliphatic carbocycles. The summed E-state index contributed by atoms with van der Waals surface area (Å²) in [5, 5.41) is 0. The van der Waals surface area contributed by atoms with E-state index in [-0.39, 0.29) is 17.3 Å². The molecule has 0 unspecified atom stereocenters. The largest absolute Gasteiger partial charge is 1.00 e. The van der Waals surface area contributed by atoms with Crippen molar-refractivity contribution in [3.05, 3.63) is 48.0 Å². The second-order valence-electron chi connectivity index (χ2n) is 7.17. The van der Waals surface area contributed by atoms with E-state index >= 15 is 0 Å². The van der Waals surface area contributed by atoms with E-state index in [0.29, 0.717) is 56.7 Å². The van der Waals surface area contributed by atoms with E-state index in [4.69, 9.17) is 14.2 Å². The van der Waals surface area contributed by atoms with Crippen LogP contribution < -0.4 is 26.2 Å². The fraction of sp³-hybridized carbons (Fsp3) is 0.429. The van der Waals surface area contributed by atoms with Crippen molar-refractivity contribution in [1.29, 1.82) is 0 Å². The molecule has 0 saturated carbocycles. The number of rotatable bonds is 6. The van der Waals surface area contributed by atoms with Crippen LogP contribution in [0, 0.1) is 6.92 Å². The molecule has 0 atom stereocenters. The van der Waals surface area contributed by atoms with Gasteiger partial charge in [-0.15, -0.1) is 0 Å². The first-order valence-corrected chi connectivity index (χ1v) is 11.3. The van der Waals surface area contributed by atoms with E-state index in [0.717, 1.165) is 18.7 Å². The van der Waals surface area contributed by atoms with Crippen LogP contribution in [-0.2, 0) is 14.8 Å². The lowest BCUT2D eigenvalue weighted by Gasteiger charge is -2.31. The van der Waals surface area contributed by atoms with Gasteiger partial charge in [-0.05, 0) is 31.2 Å². The summed E-state index contributed by atoms with van der Waals surface area (Å²) in [6.45, 7) is 6.82. The zero-order valence-corrected chi connectivity index (χ0v) is 18.5. The van der Waals surface area contributed by atoms with Crippen molar-refractivity contribution in [2.45, 2.75) is 11.8 Å². The molecule has 2 aromatic carbocycles. The van der Waals surface area contributed by atoms with Crippen LogP contribution in [0.2, 0.25) is 0 Å². The summed E-state index contributed by atoms with van der Waals surface area (Å²) in [6, 6.07) is 12.2. The molecular weight excluding hydrogens is 428 g/mol. The highest BCUT2D eigenvalue weighted by Gasteiger charge is 2.27. The molecule has 0 bridgehead atoms. The quantitative estimate of drug-likeness (QED) is 0.576. The molecule has 2 aliphatic rings. The van der Waals surface area contributed by atoms with Crippen molar-refractivity contribution in [1.82, 2.24) is 4.90 Å². The SMILES string of the molecule is Cc1ccc(S(=O)(=O)N(CCN2CCOCC2)c2ccc3c(c2)OCCO3)cc1.[Cl-]. The van der Waals surface area contributed by atoms with Gasteiger partial charge in [0.2, 0.25) is 0 Å². The molecule has 1 saturated heterocycles. The Hall–Kier alpha value is -2.00. The topological polar surface area (TPSA) is 68.3 Å². The lowest BCUT2D eigenvalue weighted by molar-refractivity contribution is -0.0000105. The van der Waals surface area contributed by atoms with Crippen molar-refractivity contribution in [3.63, 3.8) is 0 Å². The maximum absolute atomic E-state index is 13.5. The van der Waals surface area contributed by atoms with Crippen molar-refractivity contribution < 1.29 is 35.0 Å². The van der Waals surface area contributed by atoms with Crippen LogP contribution >= 0.6 is 0 Å². The molecule has 2 aromatic rings. The van der Waals surface area contributed by atoms with Crippen molar-refractivity contribution >= 4 is 15.7 Å². The maximum atomic E-state index is 13.5. The molecule has 0 spiro atoms. The van der Waals surface area contributed by atoms with E-state index in [1.165, 1.54) is 4.31 Å². The third-order valence-electron chi connectivity index (χ3n) is 5.15. The van der Waals surface area contributed by atoms with E-state index in [9.17, 15) is 8.42 Å². The Morgan fingerprint density at radius 1 is 0.933 bits per heavy atom. The van der Waals surface area contributed by atoms with Gasteiger partial charge in [0.05, 0.1) is 23.8 Å². The third-order valence-corrected chi connectivity index (χ3v) is 6.99. The molecular formula is C21H26ClN2O5S-. The standard InChI is InChI=1S/C21H26N2O5S.ClH/c1-17-2-5-19(6-3-17)29(24,25)23(9-8-22-10-12-26-13-11-22)18-4-7-20-21(16-18)28-15-14-27-20;/h2-7,16H,8-15H2,1H3;1H/p-1.